The molecule has 1 fully saturated rings. The van der Waals surface area contributed by atoms with Crippen molar-refractivity contribution in [2.75, 3.05) is 26.7 Å². The minimum absolute atomic E-state index is 0.0701. The number of rotatable bonds is 5. The number of guanidine groups is 1. The van der Waals surface area contributed by atoms with E-state index >= 15 is 0 Å². The molecule has 1 saturated heterocycles. The number of carbonyl (C=O) groups is 1. The zero-order chi connectivity index (χ0) is 18.2. The minimum atomic E-state index is -0.389. The summed E-state index contributed by atoms with van der Waals surface area (Å²) in [5.74, 6) is 0.477. The summed E-state index contributed by atoms with van der Waals surface area (Å²) in [4.78, 5) is 29.0. The Morgan fingerprint density at radius 1 is 1.40 bits per heavy atom. The molecule has 8 heteroatoms. The lowest BCUT2D eigenvalue weighted by Gasteiger charge is -2.33. The SMILES string of the molecule is CCNC(=NCc1ccccc1[N+](=O)[O-])N1CCC(C(=O)OC)CC1. The number of nitrogens with one attached hydrogen (secondary N) is 1. The highest BCUT2D eigenvalue weighted by Gasteiger charge is 2.27. The maximum absolute atomic E-state index is 11.6. The summed E-state index contributed by atoms with van der Waals surface area (Å²) in [6, 6.07) is 6.62. The molecule has 136 valence electrons. The van der Waals surface area contributed by atoms with E-state index in [0.29, 0.717) is 44.0 Å². The fourth-order valence-electron chi connectivity index (χ4n) is 2.90. The average molecular weight is 348 g/mol. The summed E-state index contributed by atoms with van der Waals surface area (Å²) in [5.41, 5.74) is 0.652. The number of benzene rings is 1. The van der Waals surface area contributed by atoms with Gasteiger partial charge in [0.05, 0.1) is 30.1 Å². The molecule has 0 unspecified atom stereocenters. The van der Waals surface area contributed by atoms with Gasteiger partial charge in [0, 0.05) is 25.7 Å². The van der Waals surface area contributed by atoms with Gasteiger partial charge in [-0.3, -0.25) is 14.9 Å². The molecule has 1 N–H and O–H groups in total. The fraction of sp³-hybridized carbons (Fsp3) is 0.529. The predicted molar refractivity (Wildman–Crippen MR) is 94.2 cm³/mol. The lowest BCUT2D eigenvalue weighted by Crippen LogP contribution is -2.46. The number of piperidine rings is 1. The van der Waals surface area contributed by atoms with E-state index in [0.717, 1.165) is 0 Å². The summed E-state index contributed by atoms with van der Waals surface area (Å²) >= 11 is 0. The normalized spacial score (nSPS) is 15.8. The largest absolute Gasteiger partial charge is 0.469 e. The topological polar surface area (TPSA) is 97.1 Å². The first kappa shape index (κ1) is 18.7. The number of nitro benzene ring substituents is 1. The van der Waals surface area contributed by atoms with Gasteiger partial charge < -0.3 is 15.0 Å². The molecule has 1 aliphatic heterocycles. The van der Waals surface area contributed by atoms with Crippen molar-refractivity contribution in [3.63, 3.8) is 0 Å². The van der Waals surface area contributed by atoms with Crippen LogP contribution in [0.4, 0.5) is 5.69 Å². The van der Waals surface area contributed by atoms with Crippen molar-refractivity contribution in [3.8, 4) is 0 Å². The van der Waals surface area contributed by atoms with Crippen LogP contribution in [0.5, 0.6) is 0 Å². The molecule has 1 aromatic carbocycles. The van der Waals surface area contributed by atoms with Gasteiger partial charge in [0.1, 0.15) is 0 Å². The van der Waals surface area contributed by atoms with Crippen LogP contribution in [0, 0.1) is 16.0 Å². The van der Waals surface area contributed by atoms with Crippen molar-refractivity contribution in [1.82, 2.24) is 10.2 Å². The highest BCUT2D eigenvalue weighted by molar-refractivity contribution is 5.80. The standard InChI is InChI=1S/C17H24N4O4/c1-3-18-17(20-10-8-13(9-11-20)16(22)25-2)19-12-14-6-4-5-7-15(14)21(23)24/h4-7,13H,3,8-12H2,1-2H3,(H,18,19). The van der Waals surface area contributed by atoms with Crippen LogP contribution in [0.15, 0.2) is 29.3 Å². The zero-order valence-corrected chi connectivity index (χ0v) is 14.6. The van der Waals surface area contributed by atoms with Crippen molar-refractivity contribution in [2.24, 2.45) is 10.9 Å². The Kier molecular flexibility index (Phi) is 6.73. The van der Waals surface area contributed by atoms with Crippen LogP contribution < -0.4 is 5.32 Å². The number of hydrogen-bond acceptors (Lipinski definition) is 5. The summed E-state index contributed by atoms with van der Waals surface area (Å²) in [6.07, 6.45) is 1.42. The van der Waals surface area contributed by atoms with Gasteiger partial charge in [-0.2, -0.15) is 0 Å². The van der Waals surface area contributed by atoms with Gasteiger partial charge in [-0.05, 0) is 19.8 Å². The van der Waals surface area contributed by atoms with Crippen molar-refractivity contribution >= 4 is 17.6 Å². The van der Waals surface area contributed by atoms with E-state index in [9.17, 15) is 14.9 Å². The van der Waals surface area contributed by atoms with Crippen LogP contribution in [0.1, 0.15) is 25.3 Å². The van der Waals surface area contributed by atoms with Gasteiger partial charge in [-0.25, -0.2) is 4.99 Å². The number of nitro groups is 1. The number of carbonyl (C=O) groups excluding carboxylic acids is 1. The highest BCUT2D eigenvalue weighted by atomic mass is 16.6. The monoisotopic (exact) mass is 348 g/mol. The number of ether oxygens (including phenoxy) is 1. The molecule has 0 aromatic heterocycles. The minimum Gasteiger partial charge on any atom is -0.469 e. The number of para-hydroxylation sites is 1. The van der Waals surface area contributed by atoms with Crippen LogP contribution >= 0.6 is 0 Å². The number of nitrogens with zero attached hydrogens (tertiary/aromatic N) is 3. The lowest BCUT2D eigenvalue weighted by atomic mass is 9.97. The van der Waals surface area contributed by atoms with Crippen LogP contribution in [0.3, 0.4) is 0 Å². The van der Waals surface area contributed by atoms with Gasteiger partial charge in [0.15, 0.2) is 5.96 Å². The molecule has 2 rings (SSSR count). The summed E-state index contributed by atoms with van der Waals surface area (Å²) in [7, 11) is 1.41. The second kappa shape index (κ2) is 9.00. The second-order valence-electron chi connectivity index (χ2n) is 5.84. The molecule has 1 aliphatic rings. The smallest absolute Gasteiger partial charge is 0.308 e. The molecule has 0 bridgehead atoms. The van der Waals surface area contributed by atoms with E-state index in [4.69, 9.17) is 4.74 Å². The van der Waals surface area contributed by atoms with Crippen LogP contribution in [-0.4, -0.2) is 48.5 Å². The third-order valence-electron chi connectivity index (χ3n) is 4.25. The van der Waals surface area contributed by atoms with E-state index in [1.54, 1.807) is 18.2 Å². The van der Waals surface area contributed by atoms with E-state index in [2.05, 4.69) is 15.2 Å². The Balaban J connectivity index is 2.07. The molecule has 0 amide bonds. The highest BCUT2D eigenvalue weighted by Crippen LogP contribution is 2.20. The summed E-state index contributed by atoms with van der Waals surface area (Å²) in [5, 5.41) is 14.3. The molecular formula is C17H24N4O4. The predicted octanol–water partition coefficient (Wildman–Crippen LogP) is 1.95. The molecule has 1 aromatic rings. The Labute approximate surface area is 147 Å². The molecular weight excluding hydrogens is 324 g/mol. The zero-order valence-electron chi connectivity index (χ0n) is 14.6. The van der Waals surface area contributed by atoms with Crippen LogP contribution in [-0.2, 0) is 16.1 Å². The third-order valence-corrected chi connectivity index (χ3v) is 4.25. The first-order valence-electron chi connectivity index (χ1n) is 8.40. The van der Waals surface area contributed by atoms with Gasteiger partial charge >= 0.3 is 5.97 Å². The summed E-state index contributed by atoms with van der Waals surface area (Å²) < 4.78 is 4.81. The lowest BCUT2D eigenvalue weighted by molar-refractivity contribution is -0.385. The molecule has 1 heterocycles. The van der Waals surface area contributed by atoms with E-state index < -0.39 is 0 Å². The van der Waals surface area contributed by atoms with Gasteiger partial charge in [0.2, 0.25) is 0 Å². The van der Waals surface area contributed by atoms with Gasteiger partial charge in [0.25, 0.3) is 5.69 Å². The van der Waals surface area contributed by atoms with Crippen molar-refractivity contribution < 1.29 is 14.5 Å². The Hall–Kier alpha value is -2.64. The van der Waals surface area contributed by atoms with Crippen LogP contribution in [0.25, 0.3) is 0 Å². The van der Waals surface area contributed by atoms with Gasteiger partial charge in [-0.1, -0.05) is 18.2 Å². The van der Waals surface area contributed by atoms with Crippen molar-refractivity contribution in [1.29, 1.82) is 0 Å². The number of aliphatic imine (C=N–C) groups is 1. The van der Waals surface area contributed by atoms with E-state index in [-0.39, 0.29) is 29.0 Å². The molecule has 0 saturated carbocycles. The number of esters is 1. The van der Waals surface area contributed by atoms with Crippen molar-refractivity contribution in [2.45, 2.75) is 26.3 Å². The second-order valence-corrected chi connectivity index (χ2v) is 5.84. The molecule has 25 heavy (non-hydrogen) atoms. The molecule has 8 nitrogen and oxygen atoms in total. The average Bonchev–Trinajstić information content (AvgIpc) is 2.64. The first-order valence-corrected chi connectivity index (χ1v) is 8.40. The third kappa shape index (κ3) is 4.91. The molecule has 0 radical (unpaired) electrons. The molecule has 0 aliphatic carbocycles. The Morgan fingerprint density at radius 2 is 2.08 bits per heavy atom. The van der Waals surface area contributed by atoms with E-state index in [1.165, 1.54) is 13.2 Å². The Morgan fingerprint density at radius 3 is 2.68 bits per heavy atom. The molecule has 0 atom stereocenters. The Bertz CT molecular complexity index is 639. The van der Waals surface area contributed by atoms with Crippen LogP contribution in [0.2, 0.25) is 0 Å². The van der Waals surface area contributed by atoms with E-state index in [1.807, 2.05) is 6.92 Å². The number of hydrogen-bond donors (Lipinski definition) is 1. The van der Waals surface area contributed by atoms with Gasteiger partial charge in [-0.15, -0.1) is 0 Å². The summed E-state index contributed by atoms with van der Waals surface area (Å²) in [6.45, 7) is 4.30. The molecule has 0 spiro atoms. The fourth-order valence-corrected chi connectivity index (χ4v) is 2.90. The quantitative estimate of drug-likeness (QED) is 0.287. The number of methoxy groups -OCH3 is 1. The first-order chi connectivity index (χ1) is 12.1. The number of likely N-dealkylation sites (tertiary alicyclic amines) is 1. The maximum Gasteiger partial charge on any atom is 0.308 e. The van der Waals surface area contributed by atoms with Crippen molar-refractivity contribution in [3.05, 3.63) is 39.9 Å². The maximum atomic E-state index is 11.6.